The van der Waals surface area contributed by atoms with Crippen molar-refractivity contribution in [1.29, 1.82) is 0 Å². The third kappa shape index (κ3) is 2.69. The van der Waals surface area contributed by atoms with Crippen molar-refractivity contribution >= 4 is 16.6 Å². The van der Waals surface area contributed by atoms with Crippen molar-refractivity contribution in [1.82, 2.24) is 9.78 Å². The first-order valence-corrected chi connectivity index (χ1v) is 6.41. The molecule has 1 heterocycles. The van der Waals surface area contributed by atoms with Gasteiger partial charge in [-0.2, -0.15) is 5.10 Å². The van der Waals surface area contributed by atoms with E-state index in [9.17, 15) is 13.2 Å². The highest BCUT2D eigenvalue weighted by molar-refractivity contribution is 5.91. The number of alkyl halides is 3. The highest BCUT2D eigenvalue weighted by Gasteiger charge is 2.30. The molecular formula is C15H12F3N3O. The molecular weight excluding hydrogens is 295 g/mol. The molecule has 0 fully saturated rings. The zero-order valence-electron chi connectivity index (χ0n) is 11.6. The van der Waals surface area contributed by atoms with E-state index in [-0.39, 0.29) is 5.75 Å². The summed E-state index contributed by atoms with van der Waals surface area (Å²) in [5.41, 5.74) is 8.88. The molecule has 0 amide bonds. The summed E-state index contributed by atoms with van der Waals surface area (Å²) < 4.78 is 42.0. The second kappa shape index (κ2) is 4.94. The maximum absolute atomic E-state index is 12.2. The van der Waals surface area contributed by atoms with Crippen LogP contribution in [0.5, 0.6) is 5.75 Å². The van der Waals surface area contributed by atoms with Gasteiger partial charge in [0.05, 0.1) is 11.7 Å². The molecule has 0 bridgehead atoms. The minimum Gasteiger partial charge on any atom is -0.406 e. The third-order valence-corrected chi connectivity index (χ3v) is 3.32. The lowest BCUT2D eigenvalue weighted by atomic mass is 10.0. The Morgan fingerprint density at radius 3 is 2.45 bits per heavy atom. The van der Waals surface area contributed by atoms with Gasteiger partial charge in [-0.25, -0.2) is 0 Å². The summed E-state index contributed by atoms with van der Waals surface area (Å²) in [5, 5.41) is 5.05. The number of benzene rings is 2. The number of aromatic nitrogens is 2. The van der Waals surface area contributed by atoms with E-state index in [1.165, 1.54) is 24.3 Å². The van der Waals surface area contributed by atoms with Crippen LogP contribution >= 0.6 is 0 Å². The molecule has 3 rings (SSSR count). The zero-order chi connectivity index (χ0) is 15.9. The van der Waals surface area contributed by atoms with E-state index in [0.29, 0.717) is 11.3 Å². The number of aryl methyl sites for hydroxylation is 1. The monoisotopic (exact) mass is 307 g/mol. The number of rotatable bonds is 2. The van der Waals surface area contributed by atoms with Crippen LogP contribution in [0.1, 0.15) is 0 Å². The largest absolute Gasteiger partial charge is 0.573 e. The standard InChI is InChI=1S/C15H12F3N3O/c1-21-14-7-12(13(19)6-10(14)8-20-21)9-2-4-11(5-3-9)22-15(16,17)18/h2-8H,19H2,1H3. The number of fused-ring (bicyclic) bond motifs is 1. The summed E-state index contributed by atoms with van der Waals surface area (Å²) in [6.07, 6.45) is -3.00. The van der Waals surface area contributed by atoms with Crippen molar-refractivity contribution in [3.05, 3.63) is 42.6 Å². The van der Waals surface area contributed by atoms with Gasteiger partial charge in [0.25, 0.3) is 0 Å². The van der Waals surface area contributed by atoms with Gasteiger partial charge in [-0.1, -0.05) is 12.1 Å². The zero-order valence-corrected chi connectivity index (χ0v) is 11.6. The lowest BCUT2D eigenvalue weighted by Crippen LogP contribution is -2.16. The summed E-state index contributed by atoms with van der Waals surface area (Å²) in [7, 11) is 1.81. The van der Waals surface area contributed by atoms with Gasteiger partial charge in [0.2, 0.25) is 0 Å². The van der Waals surface area contributed by atoms with Gasteiger partial charge >= 0.3 is 6.36 Å². The predicted octanol–water partition coefficient (Wildman–Crippen LogP) is 3.72. The van der Waals surface area contributed by atoms with Gasteiger partial charge < -0.3 is 10.5 Å². The van der Waals surface area contributed by atoms with Crippen LogP contribution in [0.2, 0.25) is 0 Å². The van der Waals surface area contributed by atoms with Gasteiger partial charge in [-0.05, 0) is 29.8 Å². The number of hydrogen-bond donors (Lipinski definition) is 1. The topological polar surface area (TPSA) is 53.1 Å². The Labute approximate surface area is 123 Å². The molecule has 1 aromatic heterocycles. The van der Waals surface area contributed by atoms with Crippen molar-refractivity contribution in [2.24, 2.45) is 7.05 Å². The normalized spacial score (nSPS) is 11.8. The number of nitrogen functional groups attached to an aromatic ring is 1. The molecule has 0 spiro atoms. The van der Waals surface area contributed by atoms with Gasteiger partial charge in [-0.15, -0.1) is 13.2 Å². The van der Waals surface area contributed by atoms with E-state index < -0.39 is 6.36 Å². The average molecular weight is 307 g/mol. The first-order chi connectivity index (χ1) is 10.3. The van der Waals surface area contributed by atoms with Crippen molar-refractivity contribution in [3.63, 3.8) is 0 Å². The smallest absolute Gasteiger partial charge is 0.406 e. The molecule has 2 N–H and O–H groups in total. The van der Waals surface area contributed by atoms with E-state index in [1.54, 1.807) is 16.9 Å². The Morgan fingerprint density at radius 1 is 1.14 bits per heavy atom. The summed E-state index contributed by atoms with van der Waals surface area (Å²) in [4.78, 5) is 0. The molecule has 4 nitrogen and oxygen atoms in total. The minimum atomic E-state index is -4.70. The predicted molar refractivity (Wildman–Crippen MR) is 77.2 cm³/mol. The van der Waals surface area contributed by atoms with Gasteiger partial charge in [0, 0.05) is 23.7 Å². The van der Waals surface area contributed by atoms with Crippen LogP contribution in [-0.2, 0) is 7.05 Å². The van der Waals surface area contributed by atoms with E-state index in [0.717, 1.165) is 16.5 Å². The molecule has 114 valence electrons. The van der Waals surface area contributed by atoms with Crippen molar-refractivity contribution in [2.75, 3.05) is 5.73 Å². The maximum atomic E-state index is 12.2. The minimum absolute atomic E-state index is 0.267. The fraction of sp³-hybridized carbons (Fsp3) is 0.133. The van der Waals surface area contributed by atoms with Crippen LogP contribution in [0.25, 0.3) is 22.0 Å². The van der Waals surface area contributed by atoms with E-state index in [1.807, 2.05) is 13.1 Å². The van der Waals surface area contributed by atoms with Crippen LogP contribution in [0.3, 0.4) is 0 Å². The van der Waals surface area contributed by atoms with E-state index in [2.05, 4.69) is 9.84 Å². The molecule has 7 heteroatoms. The molecule has 0 unspecified atom stereocenters. The highest BCUT2D eigenvalue weighted by atomic mass is 19.4. The summed E-state index contributed by atoms with van der Waals surface area (Å²) in [5.74, 6) is -0.267. The Hall–Kier alpha value is -2.70. The highest BCUT2D eigenvalue weighted by Crippen LogP contribution is 2.32. The maximum Gasteiger partial charge on any atom is 0.573 e. The summed E-state index contributed by atoms with van der Waals surface area (Å²) in [6, 6.07) is 9.24. The molecule has 2 aromatic carbocycles. The number of hydrogen-bond acceptors (Lipinski definition) is 3. The second-order valence-corrected chi connectivity index (χ2v) is 4.84. The van der Waals surface area contributed by atoms with Crippen LogP contribution < -0.4 is 10.5 Å². The number of anilines is 1. The molecule has 0 saturated heterocycles. The Morgan fingerprint density at radius 2 is 1.82 bits per heavy atom. The van der Waals surface area contributed by atoms with Crippen molar-refractivity contribution in [3.8, 4) is 16.9 Å². The van der Waals surface area contributed by atoms with Crippen molar-refractivity contribution < 1.29 is 17.9 Å². The molecule has 22 heavy (non-hydrogen) atoms. The first-order valence-electron chi connectivity index (χ1n) is 6.41. The van der Waals surface area contributed by atoms with Crippen LogP contribution in [0.4, 0.5) is 18.9 Å². The summed E-state index contributed by atoms with van der Waals surface area (Å²) >= 11 is 0. The summed E-state index contributed by atoms with van der Waals surface area (Å²) in [6.45, 7) is 0. The number of nitrogens with two attached hydrogens (primary N) is 1. The van der Waals surface area contributed by atoms with Crippen molar-refractivity contribution in [2.45, 2.75) is 6.36 Å². The van der Waals surface area contributed by atoms with Crippen LogP contribution in [0.15, 0.2) is 42.6 Å². The molecule has 0 saturated carbocycles. The average Bonchev–Trinajstić information content (AvgIpc) is 2.78. The molecule has 3 aromatic rings. The quantitative estimate of drug-likeness (QED) is 0.734. The molecule has 0 aliphatic carbocycles. The fourth-order valence-corrected chi connectivity index (χ4v) is 2.30. The molecule has 0 atom stereocenters. The fourth-order valence-electron chi connectivity index (χ4n) is 2.30. The van der Waals surface area contributed by atoms with E-state index >= 15 is 0 Å². The number of halogens is 3. The van der Waals surface area contributed by atoms with Gasteiger partial charge in [0.1, 0.15) is 5.75 Å². The lowest BCUT2D eigenvalue weighted by Gasteiger charge is -2.10. The Kier molecular flexibility index (Phi) is 3.20. The first kappa shape index (κ1) is 14.2. The Balaban J connectivity index is 2.00. The molecule has 0 aliphatic rings. The van der Waals surface area contributed by atoms with E-state index in [4.69, 9.17) is 5.73 Å². The van der Waals surface area contributed by atoms with Crippen LogP contribution in [-0.4, -0.2) is 16.1 Å². The molecule has 0 radical (unpaired) electrons. The Bertz CT molecular complexity index is 822. The van der Waals surface area contributed by atoms with Crippen LogP contribution in [0, 0.1) is 0 Å². The van der Waals surface area contributed by atoms with Gasteiger partial charge in [-0.3, -0.25) is 4.68 Å². The lowest BCUT2D eigenvalue weighted by molar-refractivity contribution is -0.274. The number of nitrogens with zero attached hydrogens (tertiary/aromatic N) is 2. The SMILES string of the molecule is Cn1ncc2cc(N)c(-c3ccc(OC(F)(F)F)cc3)cc21. The third-order valence-electron chi connectivity index (χ3n) is 3.32. The number of ether oxygens (including phenoxy) is 1. The van der Waals surface area contributed by atoms with Gasteiger partial charge in [0.15, 0.2) is 0 Å². The second-order valence-electron chi connectivity index (χ2n) is 4.84. The molecule has 0 aliphatic heterocycles.